The molecule has 6 heteroatoms. The predicted molar refractivity (Wildman–Crippen MR) is 27.6 cm³/mol. The van der Waals surface area contributed by atoms with E-state index in [1.54, 1.807) is 0 Å². The molecule has 1 aliphatic rings. The third kappa shape index (κ3) is 2.44. The summed E-state index contributed by atoms with van der Waals surface area (Å²) in [5.41, 5.74) is 0. The summed E-state index contributed by atoms with van der Waals surface area (Å²) in [5.74, 6) is -2.00. The van der Waals surface area contributed by atoms with Crippen LogP contribution in [-0.4, -0.2) is 29.1 Å². The quantitative estimate of drug-likeness (QED) is 0.380. The van der Waals surface area contributed by atoms with Crippen molar-refractivity contribution in [2.45, 2.75) is 18.6 Å². The van der Waals surface area contributed by atoms with Crippen molar-refractivity contribution in [2.75, 3.05) is 0 Å². The normalized spacial score (nSPS) is 29.0. The average Bonchev–Trinajstić information content (AvgIpc) is 2.13. The molecule has 1 aliphatic heterocycles. The summed E-state index contributed by atoms with van der Waals surface area (Å²) in [7, 11) is 0. The third-order valence-electron chi connectivity index (χ3n) is 1.36. The number of carbonyl (C=O) groups excluding carboxylic acids is 2. The van der Waals surface area contributed by atoms with Gasteiger partial charge >= 0.3 is 29.6 Å². The second-order valence-corrected chi connectivity index (χ2v) is 2.13. The molecule has 0 aliphatic carbocycles. The molecule has 1 rings (SSSR count). The van der Waals surface area contributed by atoms with Gasteiger partial charge in [0.2, 0.25) is 5.91 Å². The number of carboxylic acid groups (broad SMARTS) is 1. The standard InChI is InChI=1S/C5H7NO4.Na/c7-3-1-2(5(9)10)6-4(3)8;/h2-3,7H,1H2,(H,6,8)(H,9,10);/q;+1/p-1/t2-,3?;/m0./s1. The van der Waals surface area contributed by atoms with Gasteiger partial charge in [-0.3, -0.25) is 4.79 Å². The number of rotatable bonds is 1. The number of aliphatic hydroxyl groups is 1. The van der Waals surface area contributed by atoms with Crippen molar-refractivity contribution in [2.24, 2.45) is 0 Å². The van der Waals surface area contributed by atoms with Crippen LogP contribution in [-0.2, 0) is 9.59 Å². The Labute approximate surface area is 85.1 Å². The van der Waals surface area contributed by atoms with E-state index >= 15 is 0 Å². The van der Waals surface area contributed by atoms with Crippen LogP contribution >= 0.6 is 0 Å². The van der Waals surface area contributed by atoms with Crippen LogP contribution in [0.25, 0.3) is 0 Å². The number of hydrogen-bond acceptors (Lipinski definition) is 4. The van der Waals surface area contributed by atoms with E-state index in [0.29, 0.717) is 0 Å². The minimum Gasteiger partial charge on any atom is -0.548 e. The van der Waals surface area contributed by atoms with Crippen molar-refractivity contribution in [3.63, 3.8) is 0 Å². The fraction of sp³-hybridized carbons (Fsp3) is 0.600. The van der Waals surface area contributed by atoms with Gasteiger partial charge in [0.05, 0.1) is 12.0 Å². The zero-order valence-corrected chi connectivity index (χ0v) is 8.03. The SMILES string of the molecule is O=C1N[C@H](C(=O)[O-])CC1O.[Na+]. The van der Waals surface area contributed by atoms with Gasteiger partial charge in [0.15, 0.2) is 0 Å². The fourth-order valence-corrected chi connectivity index (χ4v) is 0.812. The van der Waals surface area contributed by atoms with Crippen LogP contribution in [0.15, 0.2) is 0 Å². The zero-order chi connectivity index (χ0) is 7.72. The van der Waals surface area contributed by atoms with Crippen LogP contribution in [0.5, 0.6) is 0 Å². The molecule has 0 aromatic carbocycles. The Balaban J connectivity index is 0.000001000. The van der Waals surface area contributed by atoms with Crippen LogP contribution < -0.4 is 40.0 Å². The summed E-state index contributed by atoms with van der Waals surface area (Å²) in [6.45, 7) is 0. The number of amides is 1. The number of carbonyl (C=O) groups is 2. The number of aliphatic hydroxyl groups excluding tert-OH is 1. The Morgan fingerprint density at radius 3 is 2.45 bits per heavy atom. The molecule has 2 N–H and O–H groups in total. The van der Waals surface area contributed by atoms with Crippen molar-refractivity contribution in [1.29, 1.82) is 0 Å². The van der Waals surface area contributed by atoms with Gasteiger partial charge in [0.1, 0.15) is 6.10 Å². The Kier molecular flexibility index (Phi) is 4.02. The third-order valence-corrected chi connectivity index (χ3v) is 1.36. The Morgan fingerprint density at radius 1 is 1.73 bits per heavy atom. The largest absolute Gasteiger partial charge is 1.00 e. The van der Waals surface area contributed by atoms with Gasteiger partial charge in [-0.15, -0.1) is 0 Å². The molecular formula is C5H6NNaO4. The van der Waals surface area contributed by atoms with Gasteiger partial charge in [-0.2, -0.15) is 0 Å². The van der Waals surface area contributed by atoms with Crippen molar-refractivity contribution < 1.29 is 49.4 Å². The number of hydrogen-bond donors (Lipinski definition) is 2. The van der Waals surface area contributed by atoms with Crippen LogP contribution in [0.1, 0.15) is 6.42 Å². The second kappa shape index (κ2) is 4.06. The van der Waals surface area contributed by atoms with Gasteiger partial charge in [0, 0.05) is 6.42 Å². The maximum absolute atomic E-state index is 10.4. The summed E-state index contributed by atoms with van der Waals surface area (Å²) in [4.78, 5) is 20.5. The van der Waals surface area contributed by atoms with E-state index in [1.807, 2.05) is 0 Å². The molecular weight excluding hydrogens is 161 g/mol. The molecule has 1 heterocycles. The molecule has 1 saturated heterocycles. The van der Waals surface area contributed by atoms with Crippen LogP contribution in [0.3, 0.4) is 0 Å². The number of nitrogens with one attached hydrogen (secondary N) is 1. The van der Waals surface area contributed by atoms with Crippen LogP contribution in [0.4, 0.5) is 0 Å². The maximum Gasteiger partial charge on any atom is 1.00 e. The van der Waals surface area contributed by atoms with Crippen molar-refractivity contribution in [3.05, 3.63) is 0 Å². The summed E-state index contributed by atoms with van der Waals surface area (Å²) in [6.07, 6.45) is -1.29. The fourth-order valence-electron chi connectivity index (χ4n) is 0.812. The van der Waals surface area contributed by atoms with E-state index < -0.39 is 24.0 Å². The topological polar surface area (TPSA) is 89.5 Å². The molecule has 5 nitrogen and oxygen atoms in total. The minimum atomic E-state index is -1.36. The Bertz CT molecular complexity index is 183. The van der Waals surface area contributed by atoms with Crippen LogP contribution in [0, 0.1) is 0 Å². The first-order chi connectivity index (χ1) is 4.61. The molecule has 0 radical (unpaired) electrons. The van der Waals surface area contributed by atoms with E-state index in [4.69, 9.17) is 5.11 Å². The first-order valence-corrected chi connectivity index (χ1v) is 2.80. The smallest absolute Gasteiger partial charge is 0.548 e. The van der Waals surface area contributed by atoms with Gasteiger partial charge in [-0.1, -0.05) is 0 Å². The summed E-state index contributed by atoms with van der Waals surface area (Å²) in [6, 6.07) is -1.03. The number of aliphatic carboxylic acids is 1. The van der Waals surface area contributed by atoms with E-state index in [-0.39, 0.29) is 36.0 Å². The average molecular weight is 167 g/mol. The van der Waals surface area contributed by atoms with E-state index in [0.717, 1.165) is 0 Å². The first kappa shape index (κ1) is 10.9. The van der Waals surface area contributed by atoms with Gasteiger partial charge in [0.25, 0.3) is 0 Å². The van der Waals surface area contributed by atoms with Crippen molar-refractivity contribution in [3.8, 4) is 0 Å². The van der Waals surface area contributed by atoms with Gasteiger partial charge in [-0.25, -0.2) is 0 Å². The zero-order valence-electron chi connectivity index (χ0n) is 6.03. The summed E-state index contributed by atoms with van der Waals surface area (Å²) in [5, 5.41) is 20.8. The molecule has 56 valence electrons. The second-order valence-electron chi connectivity index (χ2n) is 2.13. The van der Waals surface area contributed by atoms with E-state index in [2.05, 4.69) is 5.32 Å². The van der Waals surface area contributed by atoms with Gasteiger partial charge in [-0.05, 0) is 0 Å². The molecule has 0 aromatic heterocycles. The summed E-state index contributed by atoms with van der Waals surface area (Å²) < 4.78 is 0. The summed E-state index contributed by atoms with van der Waals surface area (Å²) >= 11 is 0. The van der Waals surface area contributed by atoms with E-state index in [1.165, 1.54) is 0 Å². The van der Waals surface area contributed by atoms with Crippen molar-refractivity contribution in [1.82, 2.24) is 5.32 Å². The molecule has 0 aromatic rings. The van der Waals surface area contributed by atoms with Crippen molar-refractivity contribution >= 4 is 11.9 Å². The maximum atomic E-state index is 10.4. The molecule has 0 spiro atoms. The van der Waals surface area contributed by atoms with Crippen LogP contribution in [0.2, 0.25) is 0 Å². The molecule has 1 amide bonds. The van der Waals surface area contributed by atoms with E-state index in [9.17, 15) is 14.7 Å². The molecule has 2 atom stereocenters. The Hall–Kier alpha value is -0.100. The molecule has 0 bridgehead atoms. The molecule has 1 fully saturated rings. The monoisotopic (exact) mass is 167 g/mol. The molecule has 0 saturated carbocycles. The first-order valence-electron chi connectivity index (χ1n) is 2.80. The number of carboxylic acids is 1. The predicted octanol–water partition coefficient (Wildman–Crippen LogP) is -6.01. The Morgan fingerprint density at radius 2 is 2.27 bits per heavy atom. The molecule has 1 unspecified atom stereocenters. The van der Waals surface area contributed by atoms with Gasteiger partial charge < -0.3 is 20.3 Å². The minimum absolute atomic E-state index is 0. The molecule has 11 heavy (non-hydrogen) atoms.